The van der Waals surface area contributed by atoms with E-state index in [1.54, 1.807) is 13.0 Å². The zero-order valence-corrected chi connectivity index (χ0v) is 11.2. The second-order valence-corrected chi connectivity index (χ2v) is 4.15. The lowest BCUT2D eigenvalue weighted by atomic mass is 10.2. The number of nitrogens with zero attached hydrogens (tertiary/aromatic N) is 2. The van der Waals surface area contributed by atoms with Crippen LogP contribution in [0.1, 0.15) is 22.5 Å². The van der Waals surface area contributed by atoms with Crippen molar-refractivity contribution in [2.75, 3.05) is 11.9 Å². The minimum Gasteiger partial charge on any atom is -0.491 e. The molecular weight excluding hydrogens is 278 g/mol. The first kappa shape index (κ1) is 14.5. The number of pyridine rings is 1. The monoisotopic (exact) mass is 291 g/mol. The average molecular weight is 291 g/mol. The molecule has 2 N–H and O–H groups in total. The Bertz CT molecular complexity index is 653. The van der Waals surface area contributed by atoms with Crippen LogP contribution in [0.25, 0.3) is 0 Å². The molecule has 0 unspecified atom stereocenters. The van der Waals surface area contributed by atoms with Crippen LogP contribution < -0.4 is 10.1 Å². The molecule has 8 heteroatoms. The van der Waals surface area contributed by atoms with Gasteiger partial charge in [0.15, 0.2) is 11.6 Å². The number of aromatic nitrogens is 2. The maximum atomic E-state index is 11.6. The van der Waals surface area contributed by atoms with E-state index in [1.807, 2.05) is 0 Å². The summed E-state index contributed by atoms with van der Waals surface area (Å²) in [5.74, 6) is -0.401. The molecule has 2 aromatic rings. The molecule has 110 valence electrons. The summed E-state index contributed by atoms with van der Waals surface area (Å²) < 4.78 is 10.1. The SMILES string of the molecule is Cc1cc(NC(=O)CCOc2cnccc2C(=O)O)no1. The van der Waals surface area contributed by atoms with Gasteiger partial charge in [-0.15, -0.1) is 0 Å². The Kier molecular flexibility index (Phi) is 4.50. The van der Waals surface area contributed by atoms with Gasteiger partial charge in [-0.25, -0.2) is 4.79 Å². The molecule has 1 amide bonds. The van der Waals surface area contributed by atoms with Gasteiger partial charge in [-0.2, -0.15) is 0 Å². The predicted molar refractivity (Wildman–Crippen MR) is 71.2 cm³/mol. The highest BCUT2D eigenvalue weighted by atomic mass is 16.5. The van der Waals surface area contributed by atoms with E-state index in [0.29, 0.717) is 11.6 Å². The molecule has 21 heavy (non-hydrogen) atoms. The fourth-order valence-electron chi connectivity index (χ4n) is 1.56. The zero-order valence-electron chi connectivity index (χ0n) is 11.2. The van der Waals surface area contributed by atoms with Gasteiger partial charge in [-0.05, 0) is 13.0 Å². The van der Waals surface area contributed by atoms with Crippen LogP contribution >= 0.6 is 0 Å². The van der Waals surface area contributed by atoms with E-state index in [9.17, 15) is 9.59 Å². The number of nitrogens with one attached hydrogen (secondary N) is 1. The highest BCUT2D eigenvalue weighted by molar-refractivity contribution is 5.91. The predicted octanol–water partition coefficient (Wildman–Crippen LogP) is 1.48. The molecule has 0 aliphatic rings. The summed E-state index contributed by atoms with van der Waals surface area (Å²) in [4.78, 5) is 26.4. The maximum absolute atomic E-state index is 11.6. The summed E-state index contributed by atoms with van der Waals surface area (Å²) in [6, 6.07) is 2.91. The lowest BCUT2D eigenvalue weighted by Gasteiger charge is -2.07. The average Bonchev–Trinajstić information content (AvgIpc) is 2.84. The molecule has 2 heterocycles. The van der Waals surface area contributed by atoms with Gasteiger partial charge < -0.3 is 19.7 Å². The smallest absolute Gasteiger partial charge is 0.339 e. The summed E-state index contributed by atoms with van der Waals surface area (Å²) in [7, 11) is 0. The summed E-state index contributed by atoms with van der Waals surface area (Å²) in [6.07, 6.45) is 2.69. The number of ether oxygens (including phenoxy) is 1. The number of hydrogen-bond acceptors (Lipinski definition) is 6. The standard InChI is InChI=1S/C13H13N3O5/c1-8-6-11(16-21-8)15-12(17)3-5-20-10-7-14-4-2-9(10)13(18)19/h2,4,6-7H,3,5H2,1H3,(H,18,19)(H,15,16,17). The minimum atomic E-state index is -1.12. The summed E-state index contributed by atoms with van der Waals surface area (Å²) >= 11 is 0. The molecular formula is C13H13N3O5. The molecule has 2 rings (SSSR count). The highest BCUT2D eigenvalue weighted by Crippen LogP contribution is 2.16. The third kappa shape index (κ3) is 4.03. The van der Waals surface area contributed by atoms with E-state index >= 15 is 0 Å². The van der Waals surface area contributed by atoms with Crippen LogP contribution in [-0.4, -0.2) is 33.7 Å². The van der Waals surface area contributed by atoms with Crippen LogP contribution in [0.3, 0.4) is 0 Å². The molecule has 0 saturated carbocycles. The van der Waals surface area contributed by atoms with Crippen molar-refractivity contribution in [2.45, 2.75) is 13.3 Å². The van der Waals surface area contributed by atoms with Crippen LogP contribution in [0.4, 0.5) is 5.82 Å². The zero-order chi connectivity index (χ0) is 15.2. The Morgan fingerprint density at radius 2 is 2.29 bits per heavy atom. The molecule has 2 aromatic heterocycles. The van der Waals surface area contributed by atoms with Crippen molar-refractivity contribution in [1.82, 2.24) is 10.1 Å². The number of carbonyl (C=O) groups is 2. The molecule has 0 saturated heterocycles. The fraction of sp³-hybridized carbons (Fsp3) is 0.231. The second kappa shape index (κ2) is 6.51. The van der Waals surface area contributed by atoms with Crippen molar-refractivity contribution < 1.29 is 24.0 Å². The molecule has 0 atom stereocenters. The van der Waals surface area contributed by atoms with Gasteiger partial charge >= 0.3 is 5.97 Å². The van der Waals surface area contributed by atoms with E-state index in [2.05, 4.69) is 15.5 Å². The number of carboxylic acids is 1. The maximum Gasteiger partial charge on any atom is 0.339 e. The summed E-state index contributed by atoms with van der Waals surface area (Å²) in [5, 5.41) is 15.1. The topological polar surface area (TPSA) is 115 Å². The van der Waals surface area contributed by atoms with Crippen molar-refractivity contribution in [2.24, 2.45) is 0 Å². The highest BCUT2D eigenvalue weighted by Gasteiger charge is 2.12. The Morgan fingerprint density at radius 3 is 2.95 bits per heavy atom. The molecule has 0 aliphatic heterocycles. The number of aromatic carboxylic acids is 1. The van der Waals surface area contributed by atoms with Gasteiger partial charge in [-0.1, -0.05) is 5.16 Å². The van der Waals surface area contributed by atoms with Gasteiger partial charge in [0.2, 0.25) is 5.91 Å². The van der Waals surface area contributed by atoms with Crippen molar-refractivity contribution in [3.8, 4) is 5.75 Å². The molecule has 0 spiro atoms. The number of hydrogen-bond donors (Lipinski definition) is 2. The molecule has 0 aromatic carbocycles. The van der Waals surface area contributed by atoms with Crippen molar-refractivity contribution in [3.05, 3.63) is 35.9 Å². The number of carbonyl (C=O) groups excluding carboxylic acids is 1. The molecule has 8 nitrogen and oxygen atoms in total. The van der Waals surface area contributed by atoms with Gasteiger partial charge in [-0.3, -0.25) is 9.78 Å². The van der Waals surface area contributed by atoms with Crippen LogP contribution in [0.2, 0.25) is 0 Å². The first-order valence-electron chi connectivity index (χ1n) is 6.09. The quantitative estimate of drug-likeness (QED) is 0.828. The molecule has 0 aliphatic carbocycles. The Balaban J connectivity index is 1.84. The van der Waals surface area contributed by atoms with E-state index in [4.69, 9.17) is 14.4 Å². The van der Waals surface area contributed by atoms with Crippen LogP contribution in [-0.2, 0) is 4.79 Å². The van der Waals surface area contributed by atoms with Crippen molar-refractivity contribution >= 4 is 17.7 Å². The fourth-order valence-corrected chi connectivity index (χ4v) is 1.56. The first-order chi connectivity index (χ1) is 10.1. The number of rotatable bonds is 6. The Labute approximate surface area is 119 Å². The molecule has 0 radical (unpaired) electrons. The Morgan fingerprint density at radius 1 is 1.48 bits per heavy atom. The van der Waals surface area contributed by atoms with Crippen molar-refractivity contribution in [3.63, 3.8) is 0 Å². The number of amides is 1. The number of aryl methyl sites for hydroxylation is 1. The van der Waals surface area contributed by atoms with E-state index < -0.39 is 5.97 Å². The lowest BCUT2D eigenvalue weighted by Crippen LogP contribution is -2.16. The van der Waals surface area contributed by atoms with Crippen LogP contribution in [0, 0.1) is 6.92 Å². The van der Waals surface area contributed by atoms with Gasteiger partial charge in [0.05, 0.1) is 19.2 Å². The third-order valence-corrected chi connectivity index (χ3v) is 2.50. The van der Waals surface area contributed by atoms with Crippen LogP contribution in [0.15, 0.2) is 29.0 Å². The lowest BCUT2D eigenvalue weighted by molar-refractivity contribution is -0.116. The summed E-state index contributed by atoms with van der Waals surface area (Å²) in [5.41, 5.74) is -0.00228. The van der Waals surface area contributed by atoms with Gasteiger partial charge in [0.25, 0.3) is 0 Å². The first-order valence-corrected chi connectivity index (χ1v) is 6.09. The largest absolute Gasteiger partial charge is 0.491 e. The Hall–Kier alpha value is -2.90. The van der Waals surface area contributed by atoms with E-state index in [1.165, 1.54) is 18.5 Å². The number of anilines is 1. The summed E-state index contributed by atoms with van der Waals surface area (Å²) in [6.45, 7) is 1.73. The minimum absolute atomic E-state index is 0.00228. The van der Waals surface area contributed by atoms with Crippen LogP contribution in [0.5, 0.6) is 5.75 Å². The van der Waals surface area contributed by atoms with Gasteiger partial charge in [0, 0.05) is 12.3 Å². The molecule has 0 fully saturated rings. The number of carboxylic acid groups (broad SMARTS) is 1. The van der Waals surface area contributed by atoms with E-state index in [-0.39, 0.29) is 30.2 Å². The van der Waals surface area contributed by atoms with Crippen molar-refractivity contribution in [1.29, 1.82) is 0 Å². The molecule has 0 bridgehead atoms. The normalized spacial score (nSPS) is 10.1. The third-order valence-electron chi connectivity index (χ3n) is 2.50. The van der Waals surface area contributed by atoms with E-state index in [0.717, 1.165) is 0 Å². The second-order valence-electron chi connectivity index (χ2n) is 4.15. The van der Waals surface area contributed by atoms with Gasteiger partial charge in [0.1, 0.15) is 11.3 Å².